The molecule has 2 amide bonds. The number of thioether (sulfide) groups is 1. The number of hydrogen-bond acceptors (Lipinski definition) is 5. The number of para-hydroxylation sites is 1. The standard InChI is InChI=1S/C21H17ClN4O3S/c22-13-8-6-12(7-9-13)11-30-21-25-18-17(20(29)26-21)15(10-16(27)24-18)19(28)23-14-4-2-1-3-5-14/h1-9,15H,10-11H2,(H,23,28)(H2,24,25,26,27,29)/t15-/m0/s1. The van der Waals surface area contributed by atoms with Crippen LogP contribution in [0.1, 0.15) is 23.5 Å². The van der Waals surface area contributed by atoms with Crippen LogP contribution in [0.4, 0.5) is 11.5 Å². The number of halogens is 1. The lowest BCUT2D eigenvalue weighted by Crippen LogP contribution is -2.36. The second-order valence-electron chi connectivity index (χ2n) is 6.71. The molecule has 3 N–H and O–H groups in total. The first-order valence-corrected chi connectivity index (χ1v) is 10.5. The zero-order valence-electron chi connectivity index (χ0n) is 15.6. The van der Waals surface area contributed by atoms with Gasteiger partial charge in [0, 0.05) is 22.9 Å². The zero-order chi connectivity index (χ0) is 21.1. The lowest BCUT2D eigenvalue weighted by Gasteiger charge is -2.23. The van der Waals surface area contributed by atoms with Gasteiger partial charge < -0.3 is 15.6 Å². The number of fused-ring (bicyclic) bond motifs is 1. The number of amides is 2. The molecular formula is C21H17ClN4O3S. The topological polar surface area (TPSA) is 104 Å². The Balaban J connectivity index is 1.57. The molecule has 0 bridgehead atoms. The average Bonchev–Trinajstić information content (AvgIpc) is 2.73. The Morgan fingerprint density at radius 1 is 1.13 bits per heavy atom. The van der Waals surface area contributed by atoms with Gasteiger partial charge in [0.05, 0.1) is 11.5 Å². The van der Waals surface area contributed by atoms with Crippen LogP contribution in [-0.2, 0) is 15.3 Å². The van der Waals surface area contributed by atoms with Crippen LogP contribution in [0.5, 0.6) is 0 Å². The minimum Gasteiger partial charge on any atom is -0.326 e. The molecule has 3 aromatic rings. The molecule has 0 saturated carbocycles. The van der Waals surface area contributed by atoms with Gasteiger partial charge in [-0.2, -0.15) is 0 Å². The highest BCUT2D eigenvalue weighted by atomic mass is 35.5. The van der Waals surface area contributed by atoms with E-state index in [-0.39, 0.29) is 23.7 Å². The van der Waals surface area contributed by atoms with Gasteiger partial charge in [0.25, 0.3) is 5.56 Å². The van der Waals surface area contributed by atoms with Gasteiger partial charge in [-0.25, -0.2) is 4.98 Å². The van der Waals surface area contributed by atoms with Crippen molar-refractivity contribution >= 4 is 46.7 Å². The monoisotopic (exact) mass is 440 g/mol. The average molecular weight is 441 g/mol. The summed E-state index contributed by atoms with van der Waals surface area (Å²) in [6.07, 6.45) is -0.117. The Hall–Kier alpha value is -3.10. The predicted octanol–water partition coefficient (Wildman–Crippen LogP) is 3.78. The number of H-pyrrole nitrogens is 1. The number of nitrogens with zero attached hydrogens (tertiary/aromatic N) is 1. The summed E-state index contributed by atoms with van der Waals surface area (Å²) in [5, 5.41) is 6.37. The van der Waals surface area contributed by atoms with Gasteiger partial charge >= 0.3 is 0 Å². The Morgan fingerprint density at radius 2 is 1.87 bits per heavy atom. The van der Waals surface area contributed by atoms with E-state index < -0.39 is 17.4 Å². The maximum atomic E-state index is 12.8. The predicted molar refractivity (Wildman–Crippen MR) is 117 cm³/mol. The van der Waals surface area contributed by atoms with E-state index in [0.717, 1.165) is 5.56 Å². The summed E-state index contributed by atoms with van der Waals surface area (Å²) in [5.74, 6) is -1.01. The van der Waals surface area contributed by atoms with Crippen LogP contribution in [0.2, 0.25) is 5.02 Å². The minimum absolute atomic E-state index is 0.117. The minimum atomic E-state index is -0.916. The third kappa shape index (κ3) is 4.55. The van der Waals surface area contributed by atoms with E-state index in [9.17, 15) is 14.4 Å². The summed E-state index contributed by atoms with van der Waals surface area (Å²) < 4.78 is 0. The molecule has 4 rings (SSSR count). The Labute approximate surface area is 181 Å². The quantitative estimate of drug-likeness (QED) is 0.413. The Kier molecular flexibility index (Phi) is 5.87. The van der Waals surface area contributed by atoms with Crippen LogP contribution in [0.3, 0.4) is 0 Å². The van der Waals surface area contributed by atoms with Crippen LogP contribution in [-0.4, -0.2) is 21.8 Å². The molecule has 1 aliphatic rings. The van der Waals surface area contributed by atoms with Crippen LogP contribution in [0.15, 0.2) is 64.5 Å². The molecule has 30 heavy (non-hydrogen) atoms. The van der Waals surface area contributed by atoms with Gasteiger partial charge in [-0.3, -0.25) is 14.4 Å². The molecule has 2 aromatic carbocycles. The van der Waals surface area contributed by atoms with Crippen molar-refractivity contribution in [2.75, 3.05) is 10.6 Å². The summed E-state index contributed by atoms with van der Waals surface area (Å²) in [7, 11) is 0. The van der Waals surface area contributed by atoms with Gasteiger partial charge in [-0.05, 0) is 29.8 Å². The van der Waals surface area contributed by atoms with Crippen molar-refractivity contribution in [2.45, 2.75) is 23.2 Å². The molecule has 7 nitrogen and oxygen atoms in total. The van der Waals surface area contributed by atoms with Crippen molar-refractivity contribution in [3.05, 3.63) is 81.1 Å². The fourth-order valence-electron chi connectivity index (χ4n) is 3.13. The van der Waals surface area contributed by atoms with Gasteiger partial charge in [0.15, 0.2) is 5.16 Å². The molecule has 152 valence electrons. The number of aromatic amines is 1. The molecule has 0 saturated heterocycles. The van der Waals surface area contributed by atoms with Crippen LogP contribution in [0.25, 0.3) is 0 Å². The second-order valence-corrected chi connectivity index (χ2v) is 8.11. The number of benzene rings is 2. The summed E-state index contributed by atoms with van der Waals surface area (Å²) in [6.45, 7) is 0. The number of aromatic nitrogens is 2. The number of rotatable bonds is 5. The molecule has 1 atom stereocenters. The van der Waals surface area contributed by atoms with Crippen molar-refractivity contribution < 1.29 is 9.59 Å². The maximum Gasteiger partial charge on any atom is 0.257 e. The van der Waals surface area contributed by atoms with Crippen molar-refractivity contribution in [3.63, 3.8) is 0 Å². The number of carbonyl (C=O) groups is 2. The van der Waals surface area contributed by atoms with E-state index in [4.69, 9.17) is 11.6 Å². The fraction of sp³-hybridized carbons (Fsp3) is 0.143. The lowest BCUT2D eigenvalue weighted by atomic mass is 9.92. The first-order chi connectivity index (χ1) is 14.5. The first-order valence-electron chi connectivity index (χ1n) is 9.17. The summed E-state index contributed by atoms with van der Waals surface area (Å²) in [6, 6.07) is 16.2. The molecule has 2 heterocycles. The van der Waals surface area contributed by atoms with Crippen molar-refractivity contribution in [1.29, 1.82) is 0 Å². The van der Waals surface area contributed by atoms with Gasteiger partial charge in [-0.1, -0.05) is 53.7 Å². The number of anilines is 2. The number of hydrogen-bond donors (Lipinski definition) is 3. The van der Waals surface area contributed by atoms with Crippen LogP contribution < -0.4 is 16.2 Å². The fourth-order valence-corrected chi connectivity index (χ4v) is 4.07. The van der Waals surface area contributed by atoms with E-state index in [2.05, 4.69) is 20.6 Å². The van der Waals surface area contributed by atoms with Crippen molar-refractivity contribution in [1.82, 2.24) is 9.97 Å². The third-order valence-electron chi connectivity index (χ3n) is 4.58. The SMILES string of the molecule is O=C1C[C@H](C(=O)Nc2ccccc2)c2c(nc(SCc3ccc(Cl)cc3)[nH]c2=O)N1. The van der Waals surface area contributed by atoms with E-state index >= 15 is 0 Å². The molecule has 0 spiro atoms. The molecule has 0 radical (unpaired) electrons. The van der Waals surface area contributed by atoms with Gasteiger partial charge in [0.2, 0.25) is 11.8 Å². The van der Waals surface area contributed by atoms with E-state index in [1.807, 2.05) is 18.2 Å². The Bertz CT molecular complexity index is 1150. The highest BCUT2D eigenvalue weighted by Crippen LogP contribution is 2.31. The molecule has 0 unspecified atom stereocenters. The van der Waals surface area contributed by atoms with Crippen LogP contribution >= 0.6 is 23.4 Å². The zero-order valence-corrected chi connectivity index (χ0v) is 17.2. The van der Waals surface area contributed by atoms with Gasteiger partial charge in [-0.15, -0.1) is 0 Å². The summed E-state index contributed by atoms with van der Waals surface area (Å²) in [5.41, 5.74) is 1.33. The second kappa shape index (κ2) is 8.73. The smallest absolute Gasteiger partial charge is 0.257 e. The molecule has 0 aliphatic carbocycles. The third-order valence-corrected chi connectivity index (χ3v) is 5.77. The molecule has 0 fully saturated rings. The van der Waals surface area contributed by atoms with Crippen LogP contribution in [0, 0.1) is 0 Å². The molecule has 9 heteroatoms. The van der Waals surface area contributed by atoms with Gasteiger partial charge in [0.1, 0.15) is 5.82 Å². The first kappa shape index (κ1) is 20.2. The van der Waals surface area contributed by atoms with Crippen molar-refractivity contribution in [3.8, 4) is 0 Å². The number of carbonyl (C=O) groups excluding carboxylic acids is 2. The maximum absolute atomic E-state index is 12.8. The lowest BCUT2D eigenvalue weighted by molar-refractivity contribution is -0.123. The van der Waals surface area contributed by atoms with E-state index in [0.29, 0.717) is 21.6 Å². The van der Waals surface area contributed by atoms with Crippen molar-refractivity contribution in [2.24, 2.45) is 0 Å². The van der Waals surface area contributed by atoms with E-state index in [1.165, 1.54) is 11.8 Å². The molecule has 1 aliphatic heterocycles. The highest BCUT2D eigenvalue weighted by Gasteiger charge is 2.34. The molecular weight excluding hydrogens is 424 g/mol. The Morgan fingerprint density at radius 3 is 2.60 bits per heavy atom. The number of nitrogens with one attached hydrogen (secondary N) is 3. The summed E-state index contributed by atoms with van der Waals surface area (Å²) in [4.78, 5) is 44.8. The largest absolute Gasteiger partial charge is 0.326 e. The normalized spacial score (nSPS) is 15.2. The summed E-state index contributed by atoms with van der Waals surface area (Å²) >= 11 is 7.21. The molecule has 1 aromatic heterocycles. The highest BCUT2D eigenvalue weighted by molar-refractivity contribution is 7.98. The van der Waals surface area contributed by atoms with E-state index in [1.54, 1.807) is 36.4 Å².